The van der Waals surface area contributed by atoms with E-state index in [1.165, 1.54) is 13.3 Å². The number of rotatable bonds is 5. The first kappa shape index (κ1) is 17.6. The number of pyridine rings is 1. The summed E-state index contributed by atoms with van der Waals surface area (Å²) in [7, 11) is 1.32. The van der Waals surface area contributed by atoms with Crippen LogP contribution in [0.3, 0.4) is 0 Å². The maximum absolute atomic E-state index is 12.6. The lowest BCUT2D eigenvalue weighted by atomic mass is 10.0. The van der Waals surface area contributed by atoms with Gasteiger partial charge in [0.2, 0.25) is 0 Å². The van der Waals surface area contributed by atoms with Crippen molar-refractivity contribution in [2.75, 3.05) is 7.11 Å². The monoisotopic (exact) mass is 348 g/mol. The molecule has 2 aromatic carbocycles. The summed E-state index contributed by atoms with van der Waals surface area (Å²) in [4.78, 5) is 29.1. The summed E-state index contributed by atoms with van der Waals surface area (Å²) >= 11 is 0. The quantitative estimate of drug-likeness (QED) is 0.720. The van der Waals surface area contributed by atoms with E-state index in [-0.39, 0.29) is 5.91 Å². The predicted molar refractivity (Wildman–Crippen MR) is 99.9 cm³/mol. The minimum Gasteiger partial charge on any atom is -0.467 e. The largest absolute Gasteiger partial charge is 0.467 e. The van der Waals surface area contributed by atoms with Crippen LogP contribution in [0.5, 0.6) is 0 Å². The Morgan fingerprint density at radius 3 is 2.62 bits per heavy atom. The number of aromatic nitrogens is 1. The maximum Gasteiger partial charge on any atom is 0.328 e. The van der Waals surface area contributed by atoms with Gasteiger partial charge in [-0.3, -0.25) is 9.78 Å². The molecule has 0 fully saturated rings. The van der Waals surface area contributed by atoms with Crippen LogP contribution in [0.15, 0.2) is 60.8 Å². The van der Waals surface area contributed by atoms with Crippen molar-refractivity contribution in [2.45, 2.75) is 19.4 Å². The Kier molecular flexibility index (Phi) is 5.27. The SMILES string of the molecule is COC(=O)[C@H](Cc1ccccc1C)NC(=O)c1cnc2ccccc2c1. The number of methoxy groups -OCH3 is 1. The molecule has 0 spiro atoms. The third kappa shape index (κ3) is 3.88. The molecule has 132 valence electrons. The van der Waals surface area contributed by atoms with Crippen LogP contribution < -0.4 is 5.32 Å². The number of para-hydroxylation sites is 1. The molecule has 26 heavy (non-hydrogen) atoms. The summed E-state index contributed by atoms with van der Waals surface area (Å²) in [5.74, 6) is -0.831. The van der Waals surface area contributed by atoms with E-state index in [1.54, 1.807) is 6.07 Å². The Morgan fingerprint density at radius 2 is 1.85 bits per heavy atom. The predicted octanol–water partition coefficient (Wildman–Crippen LogP) is 3.06. The van der Waals surface area contributed by atoms with E-state index in [9.17, 15) is 9.59 Å². The molecular weight excluding hydrogens is 328 g/mol. The number of ether oxygens (including phenoxy) is 1. The first-order valence-corrected chi connectivity index (χ1v) is 8.36. The van der Waals surface area contributed by atoms with Crippen LogP contribution >= 0.6 is 0 Å². The van der Waals surface area contributed by atoms with E-state index in [1.807, 2.05) is 55.5 Å². The number of benzene rings is 2. The molecule has 1 N–H and O–H groups in total. The van der Waals surface area contributed by atoms with E-state index in [0.29, 0.717) is 12.0 Å². The molecular formula is C21H20N2O3. The lowest BCUT2D eigenvalue weighted by Gasteiger charge is -2.17. The van der Waals surface area contributed by atoms with E-state index in [2.05, 4.69) is 10.3 Å². The highest BCUT2D eigenvalue weighted by Gasteiger charge is 2.23. The molecule has 5 nitrogen and oxygen atoms in total. The van der Waals surface area contributed by atoms with Crippen LogP contribution in [0.25, 0.3) is 10.9 Å². The van der Waals surface area contributed by atoms with Crippen molar-refractivity contribution in [2.24, 2.45) is 0 Å². The maximum atomic E-state index is 12.6. The van der Waals surface area contributed by atoms with Crippen LogP contribution in [0.2, 0.25) is 0 Å². The number of amides is 1. The second-order valence-electron chi connectivity index (χ2n) is 6.10. The molecule has 0 aliphatic carbocycles. The molecule has 0 saturated heterocycles. The van der Waals surface area contributed by atoms with Gasteiger partial charge in [-0.25, -0.2) is 4.79 Å². The van der Waals surface area contributed by atoms with Crippen LogP contribution in [-0.2, 0) is 16.0 Å². The molecule has 3 aromatic rings. The highest BCUT2D eigenvalue weighted by atomic mass is 16.5. The van der Waals surface area contributed by atoms with E-state index >= 15 is 0 Å². The summed E-state index contributed by atoms with van der Waals surface area (Å²) in [6.45, 7) is 1.97. The van der Waals surface area contributed by atoms with Crippen molar-refractivity contribution in [3.8, 4) is 0 Å². The average Bonchev–Trinajstić information content (AvgIpc) is 2.68. The van der Waals surface area contributed by atoms with Gasteiger partial charge in [-0.1, -0.05) is 42.5 Å². The number of hydrogen-bond donors (Lipinski definition) is 1. The molecule has 5 heteroatoms. The number of carbonyl (C=O) groups excluding carboxylic acids is 2. The number of nitrogens with one attached hydrogen (secondary N) is 1. The van der Waals surface area contributed by atoms with Crippen LogP contribution in [0.4, 0.5) is 0 Å². The normalized spacial score (nSPS) is 11.8. The lowest BCUT2D eigenvalue weighted by Crippen LogP contribution is -2.43. The Balaban J connectivity index is 1.82. The standard InChI is InChI=1S/C21H20N2O3/c1-14-7-3-4-8-15(14)12-19(21(25)26-2)23-20(24)17-11-16-9-5-6-10-18(16)22-13-17/h3-11,13,19H,12H2,1-2H3,(H,23,24)/t19-/m0/s1. The molecule has 0 saturated carbocycles. The zero-order valence-electron chi connectivity index (χ0n) is 14.7. The second-order valence-corrected chi connectivity index (χ2v) is 6.10. The minimum absolute atomic E-state index is 0.354. The molecule has 1 amide bonds. The third-order valence-corrected chi connectivity index (χ3v) is 4.33. The van der Waals surface area contributed by atoms with Gasteiger partial charge in [0.05, 0.1) is 18.2 Å². The topological polar surface area (TPSA) is 68.3 Å². The van der Waals surface area contributed by atoms with Crippen molar-refractivity contribution >= 4 is 22.8 Å². The summed E-state index contributed by atoms with van der Waals surface area (Å²) in [5.41, 5.74) is 3.26. The first-order chi connectivity index (χ1) is 12.6. The van der Waals surface area contributed by atoms with Gasteiger partial charge < -0.3 is 10.1 Å². The molecule has 1 heterocycles. The highest BCUT2D eigenvalue weighted by molar-refractivity contribution is 5.99. The first-order valence-electron chi connectivity index (χ1n) is 8.36. The average molecular weight is 348 g/mol. The van der Waals surface area contributed by atoms with E-state index in [4.69, 9.17) is 4.74 Å². The van der Waals surface area contributed by atoms with Gasteiger partial charge in [-0.15, -0.1) is 0 Å². The summed E-state index contributed by atoms with van der Waals surface area (Å²) < 4.78 is 4.86. The molecule has 0 aliphatic rings. The van der Waals surface area contributed by atoms with Gasteiger partial charge >= 0.3 is 5.97 Å². The lowest BCUT2D eigenvalue weighted by molar-refractivity contribution is -0.142. The summed E-state index contributed by atoms with van der Waals surface area (Å²) in [5, 5.41) is 3.64. The summed E-state index contributed by atoms with van der Waals surface area (Å²) in [6.07, 6.45) is 1.88. The Morgan fingerprint density at radius 1 is 1.12 bits per heavy atom. The number of hydrogen-bond acceptors (Lipinski definition) is 4. The highest BCUT2D eigenvalue weighted by Crippen LogP contribution is 2.14. The van der Waals surface area contributed by atoms with Gasteiger partial charge in [0.25, 0.3) is 5.91 Å². The van der Waals surface area contributed by atoms with Crippen LogP contribution in [0, 0.1) is 6.92 Å². The van der Waals surface area contributed by atoms with Crippen LogP contribution in [-0.4, -0.2) is 30.0 Å². The fourth-order valence-electron chi connectivity index (χ4n) is 2.83. The number of aryl methyl sites for hydroxylation is 1. The van der Waals surface area contributed by atoms with Crippen molar-refractivity contribution in [3.63, 3.8) is 0 Å². The Labute approximate surface area is 152 Å². The third-order valence-electron chi connectivity index (χ3n) is 4.33. The number of carbonyl (C=O) groups is 2. The molecule has 1 aromatic heterocycles. The Bertz CT molecular complexity index is 953. The van der Waals surface area contributed by atoms with Gasteiger partial charge in [-0.2, -0.15) is 0 Å². The molecule has 0 aliphatic heterocycles. The van der Waals surface area contributed by atoms with E-state index < -0.39 is 12.0 Å². The smallest absolute Gasteiger partial charge is 0.328 e. The van der Waals surface area contributed by atoms with Gasteiger partial charge in [0, 0.05) is 18.0 Å². The van der Waals surface area contributed by atoms with Gasteiger partial charge in [0.15, 0.2) is 0 Å². The van der Waals surface area contributed by atoms with Crippen molar-refractivity contribution in [1.29, 1.82) is 0 Å². The number of esters is 1. The summed E-state index contributed by atoms with van der Waals surface area (Å²) in [6, 6.07) is 16.3. The van der Waals surface area contributed by atoms with E-state index in [0.717, 1.165) is 22.0 Å². The van der Waals surface area contributed by atoms with Crippen molar-refractivity contribution < 1.29 is 14.3 Å². The van der Waals surface area contributed by atoms with Crippen molar-refractivity contribution in [3.05, 3.63) is 77.5 Å². The van der Waals surface area contributed by atoms with Crippen LogP contribution in [0.1, 0.15) is 21.5 Å². The van der Waals surface area contributed by atoms with Crippen molar-refractivity contribution in [1.82, 2.24) is 10.3 Å². The Hall–Kier alpha value is -3.21. The van der Waals surface area contributed by atoms with Gasteiger partial charge in [-0.05, 0) is 30.2 Å². The minimum atomic E-state index is -0.764. The number of nitrogens with zero attached hydrogens (tertiary/aromatic N) is 1. The van der Waals surface area contributed by atoms with Gasteiger partial charge in [0.1, 0.15) is 6.04 Å². The zero-order chi connectivity index (χ0) is 18.5. The molecule has 3 rings (SSSR count). The zero-order valence-corrected chi connectivity index (χ0v) is 14.7. The molecule has 0 unspecified atom stereocenters. The molecule has 1 atom stereocenters. The second kappa shape index (κ2) is 7.78. The molecule has 0 bridgehead atoms. The fraction of sp³-hybridized carbons (Fsp3) is 0.190. The number of fused-ring (bicyclic) bond motifs is 1. The molecule has 0 radical (unpaired) electrons. The fourth-order valence-corrected chi connectivity index (χ4v) is 2.83.